The van der Waals surface area contributed by atoms with Crippen LogP contribution in [0.5, 0.6) is 46.0 Å². The molecule has 29 rings (SSSR count). The van der Waals surface area contributed by atoms with Crippen molar-refractivity contribution in [1.29, 1.82) is 0 Å². The maximum atomic E-state index is 6.14. The molecule has 19 aromatic carbocycles. The number of ether oxygens (including phenoxy) is 5. The van der Waals surface area contributed by atoms with Crippen LogP contribution in [0.2, 0.25) is 0 Å². The second-order valence-corrected chi connectivity index (χ2v) is 39.1. The second-order valence-electron chi connectivity index (χ2n) is 35.9. The monoisotopic (exact) mass is 1880 g/mol. The Labute approximate surface area is 831 Å². The van der Waals surface area contributed by atoms with E-state index in [1.54, 1.807) is 0 Å². The molecule has 0 fully saturated rings. The van der Waals surface area contributed by atoms with E-state index < -0.39 is 0 Å². The summed E-state index contributed by atoms with van der Waals surface area (Å²) in [4.78, 5) is 4.68. The van der Waals surface area contributed by atoms with Crippen LogP contribution >= 0.6 is 34.0 Å². The summed E-state index contributed by atoms with van der Waals surface area (Å²) < 4.78 is 43.7. The standard InChI is InChI=1S/C31H22N2.C19H13BO2.C18H14N2.C13H12O.3C13H10S.C8H8O2/c1-21-18-22(32-28-14-6-2-10-24(28)25-11-3-7-15-29(25)32)20-23(19-21)33-30-16-8-4-12-26(30)27-13-5-9-17-31(27)33;1-12-10-17-19-18(11-12)22-16-9-5-3-7-14(16)20(19)13-6-2-4-8-15(13)21-17;1-13-7-6-12-18(19-13)20-16-10-4-2-8-14(16)15-9-3-5-11-17(15)20;1-11-7-5-6-10-13(11)14-12-8-3-2-4-9-12;1-9-5-4-7-11-10-6-2-3-8-12(10)14-13(9)11;1-9-5-4-8-12-13(9)10-6-2-3-7-11(10)14-12;1-9-6-7-13-11(8-9)10-4-2-3-5-12(10)14-13;1-6-2-3-7-8(4-6)10-5-9-7/h2-20H,1H3;2-11H,1H3;2-12H,1H3;2-10H,1H3;3*2-8H,1H3;2-4H,5H2,1H3. The van der Waals surface area contributed by atoms with Crippen molar-refractivity contribution in [2.24, 2.45) is 0 Å². The van der Waals surface area contributed by atoms with E-state index in [9.17, 15) is 0 Å². The first-order chi connectivity index (χ1) is 69.2. The van der Waals surface area contributed by atoms with Crippen LogP contribution in [0.15, 0.2) is 443 Å². The SMILES string of the molecule is Cc1cc(-n2c3ccccc3c3ccccc32)cc(-n2c3ccccc3c3ccccc32)c1.Cc1cc2c3c(c1)Oc1ccccc1B3c1ccccc1O2.Cc1ccc2c(c1)OCO2.Cc1ccc2sc3ccccc3c2c1.Cc1cccc(-n2c3ccccc3c3ccccc32)n1.Cc1cccc2c1sc1ccccc12.Cc1cccc2sc3ccccc3c12.Cc1ccccc1Oc1ccccc1. The van der Waals surface area contributed by atoms with Gasteiger partial charge in [-0.3, -0.25) is 4.57 Å². The Morgan fingerprint density at radius 3 is 1.23 bits per heavy atom. The number of benzene rings is 19. The zero-order chi connectivity index (χ0) is 95.6. The molecule has 0 atom stereocenters. The Hall–Kier alpha value is -16.5. The number of nitrogens with zero attached hydrogens (tertiary/aromatic N) is 4. The van der Waals surface area contributed by atoms with Gasteiger partial charge in [-0.05, 0) is 257 Å². The number of fused-ring (bicyclic) bond motifs is 23. The summed E-state index contributed by atoms with van der Waals surface area (Å²) in [6, 6.07) is 155. The van der Waals surface area contributed by atoms with Gasteiger partial charge < -0.3 is 32.8 Å². The van der Waals surface area contributed by atoms with Crippen molar-refractivity contribution in [3.63, 3.8) is 0 Å². The predicted molar refractivity (Wildman–Crippen MR) is 599 cm³/mol. The van der Waals surface area contributed by atoms with Crippen LogP contribution in [0.3, 0.4) is 0 Å². The molecule has 141 heavy (non-hydrogen) atoms. The molecule has 0 aliphatic carbocycles. The van der Waals surface area contributed by atoms with Crippen LogP contribution < -0.4 is 40.1 Å². The summed E-state index contributed by atoms with van der Waals surface area (Å²) >= 11 is 5.63. The van der Waals surface area contributed by atoms with E-state index >= 15 is 0 Å². The highest BCUT2D eigenvalue weighted by atomic mass is 32.1. The third-order valence-corrected chi connectivity index (χ3v) is 29.8. The van der Waals surface area contributed by atoms with Crippen molar-refractivity contribution in [2.45, 2.75) is 55.4 Å². The average Bonchev–Trinajstić information content (AvgIpc) is 1.09. The van der Waals surface area contributed by atoms with Crippen molar-refractivity contribution >= 4 is 183 Å². The summed E-state index contributed by atoms with van der Waals surface area (Å²) in [5.74, 6) is 8.18. The summed E-state index contributed by atoms with van der Waals surface area (Å²) in [5.41, 5.74) is 23.1. The molecule has 7 aromatic heterocycles. The van der Waals surface area contributed by atoms with E-state index in [1.165, 1.54) is 176 Å². The van der Waals surface area contributed by atoms with Gasteiger partial charge in [-0.25, -0.2) is 4.98 Å². The number of hydrogen-bond acceptors (Lipinski definition) is 9. The highest BCUT2D eigenvalue weighted by Crippen LogP contribution is 2.43. The maximum absolute atomic E-state index is 6.14. The molecule has 0 spiro atoms. The van der Waals surface area contributed by atoms with E-state index in [0.29, 0.717) is 6.79 Å². The topological polar surface area (TPSA) is 73.8 Å². The molecule has 10 heterocycles. The number of aromatic nitrogens is 4. The van der Waals surface area contributed by atoms with Gasteiger partial charge in [0.1, 0.15) is 40.3 Å². The molecule has 9 nitrogen and oxygen atoms in total. The normalized spacial score (nSPS) is 11.7. The van der Waals surface area contributed by atoms with Crippen LogP contribution in [-0.2, 0) is 0 Å². The molecule has 0 N–H and O–H groups in total. The van der Waals surface area contributed by atoms with Crippen molar-refractivity contribution in [3.8, 4) is 63.2 Å². The van der Waals surface area contributed by atoms with Crippen LogP contribution in [0.4, 0.5) is 0 Å². The maximum Gasteiger partial charge on any atom is 0.260 e. The minimum Gasteiger partial charge on any atom is -0.458 e. The molecule has 0 bridgehead atoms. The smallest absolute Gasteiger partial charge is 0.260 e. The van der Waals surface area contributed by atoms with Crippen LogP contribution in [0.25, 0.3) is 143 Å². The van der Waals surface area contributed by atoms with E-state index in [1.807, 2.05) is 158 Å². The fourth-order valence-electron chi connectivity index (χ4n) is 19.7. The highest BCUT2D eigenvalue weighted by Gasteiger charge is 2.40. The Morgan fingerprint density at radius 1 is 0.262 bits per heavy atom. The molecule has 13 heteroatoms. The summed E-state index contributed by atoms with van der Waals surface area (Å²) in [6.45, 7) is 17.4. The fraction of sp³-hybridized carbons (Fsp3) is 0.0703. The Balaban J connectivity index is 0.0000000951. The molecule has 26 aromatic rings. The lowest BCUT2D eigenvalue weighted by molar-refractivity contribution is 0.174. The van der Waals surface area contributed by atoms with Crippen LogP contribution in [-0.4, -0.2) is 32.2 Å². The molecule has 0 saturated carbocycles. The first-order valence-corrected chi connectivity index (χ1v) is 50.1. The third kappa shape index (κ3) is 18.1. The number of aryl methyl sites for hydroxylation is 8. The minimum absolute atomic E-state index is 0.181. The van der Waals surface area contributed by atoms with E-state index in [4.69, 9.17) is 23.7 Å². The first-order valence-electron chi connectivity index (χ1n) is 47.7. The van der Waals surface area contributed by atoms with Crippen molar-refractivity contribution in [2.75, 3.05) is 6.79 Å². The van der Waals surface area contributed by atoms with Gasteiger partial charge in [-0.1, -0.05) is 291 Å². The summed E-state index contributed by atoms with van der Waals surface area (Å²) in [6.07, 6.45) is 0. The van der Waals surface area contributed by atoms with Gasteiger partial charge in [0, 0.05) is 115 Å². The quantitative estimate of drug-likeness (QED) is 0.160. The Kier molecular flexibility index (Phi) is 25.1. The molecular formula is C128H99BN4O5S3. The molecule has 0 saturated heterocycles. The molecule has 682 valence electrons. The second kappa shape index (κ2) is 39.5. The number of rotatable bonds is 5. The van der Waals surface area contributed by atoms with Crippen molar-refractivity contribution in [1.82, 2.24) is 18.7 Å². The molecule has 0 amide bonds. The largest absolute Gasteiger partial charge is 0.458 e. The lowest BCUT2D eigenvalue weighted by Crippen LogP contribution is -2.57. The van der Waals surface area contributed by atoms with Gasteiger partial charge in [0.05, 0.1) is 33.1 Å². The summed E-state index contributed by atoms with van der Waals surface area (Å²) in [7, 11) is 0. The molecule has 0 radical (unpaired) electrons. The van der Waals surface area contributed by atoms with E-state index in [2.05, 4.69) is 393 Å². The Bertz CT molecular complexity index is 8800. The average molecular weight is 1880 g/mol. The van der Waals surface area contributed by atoms with Gasteiger partial charge in [0.25, 0.3) is 6.71 Å². The Morgan fingerprint density at radius 2 is 0.660 bits per heavy atom. The third-order valence-electron chi connectivity index (χ3n) is 26.2. The lowest BCUT2D eigenvalue weighted by atomic mass is 9.35. The number of hydrogen-bond donors (Lipinski definition) is 0. The minimum atomic E-state index is 0.181. The van der Waals surface area contributed by atoms with Crippen LogP contribution in [0, 0.1) is 55.4 Å². The predicted octanol–water partition coefficient (Wildman–Crippen LogP) is 34.0. The summed E-state index contributed by atoms with van der Waals surface area (Å²) in [5, 5.41) is 16.1. The van der Waals surface area contributed by atoms with Crippen LogP contribution in [0.1, 0.15) is 44.6 Å². The van der Waals surface area contributed by atoms with Gasteiger partial charge in [-0.2, -0.15) is 0 Å². The molecule has 0 unspecified atom stereocenters. The molecular weight excluding hydrogens is 1780 g/mol. The van der Waals surface area contributed by atoms with Crippen molar-refractivity contribution < 1.29 is 23.7 Å². The number of para-hydroxylation sites is 10. The van der Waals surface area contributed by atoms with Gasteiger partial charge >= 0.3 is 0 Å². The number of pyridine rings is 1. The fourth-order valence-corrected chi connectivity index (χ4v) is 23.2. The zero-order valence-electron chi connectivity index (χ0n) is 79.5. The molecule has 3 aliphatic heterocycles. The van der Waals surface area contributed by atoms with Gasteiger partial charge in [0.2, 0.25) is 6.79 Å². The van der Waals surface area contributed by atoms with E-state index in [0.717, 1.165) is 74.1 Å². The zero-order valence-corrected chi connectivity index (χ0v) is 81.9. The lowest BCUT2D eigenvalue weighted by Gasteiger charge is -2.33. The van der Waals surface area contributed by atoms with Gasteiger partial charge in [0.15, 0.2) is 11.5 Å². The number of thiophene rings is 3. The first kappa shape index (κ1) is 89.7. The molecule has 3 aliphatic rings. The van der Waals surface area contributed by atoms with Crippen molar-refractivity contribution in [3.05, 3.63) is 487 Å². The van der Waals surface area contributed by atoms with E-state index in [-0.39, 0.29) is 6.71 Å². The highest BCUT2D eigenvalue weighted by molar-refractivity contribution is 7.26. The van der Waals surface area contributed by atoms with Gasteiger partial charge in [-0.15, -0.1) is 34.0 Å².